The minimum atomic E-state index is -4.44. The van der Waals surface area contributed by atoms with Crippen LogP contribution in [0.25, 0.3) is 0 Å². The summed E-state index contributed by atoms with van der Waals surface area (Å²) in [6, 6.07) is 0. The van der Waals surface area contributed by atoms with Gasteiger partial charge in [-0.1, -0.05) is 0 Å². The molecule has 1 aromatic rings. The molecule has 0 aliphatic carbocycles. The zero-order valence-electron chi connectivity index (χ0n) is 7.39. The molecule has 0 aromatic carbocycles. The second-order valence-corrected chi connectivity index (χ2v) is 3.23. The first-order chi connectivity index (χ1) is 5.53. The molecular formula is C5H8LiN3O3S. The molecule has 13 heavy (non-hydrogen) atoms. The van der Waals surface area contributed by atoms with Crippen molar-refractivity contribution in [3.8, 4) is 0 Å². The van der Waals surface area contributed by atoms with Gasteiger partial charge in [-0.2, -0.15) is 0 Å². The van der Waals surface area contributed by atoms with Crippen LogP contribution in [0.2, 0.25) is 0 Å². The zero-order chi connectivity index (χ0) is 9.19. The van der Waals surface area contributed by atoms with Gasteiger partial charge in [0.15, 0.2) is 10.3 Å². The second kappa shape index (κ2) is 4.67. The van der Waals surface area contributed by atoms with E-state index in [4.69, 9.17) is 0 Å². The molecule has 0 aliphatic heterocycles. The predicted molar refractivity (Wildman–Crippen MR) is 41.2 cm³/mol. The Kier molecular flexibility index (Phi) is 4.50. The van der Waals surface area contributed by atoms with E-state index in [-0.39, 0.29) is 24.7 Å². The fourth-order valence-corrected chi connectivity index (χ4v) is 1.21. The summed E-state index contributed by atoms with van der Waals surface area (Å²) in [5, 5.41) is 0. The third-order valence-electron chi connectivity index (χ3n) is 1.28. The van der Waals surface area contributed by atoms with Crippen molar-refractivity contribution in [2.75, 3.05) is 4.72 Å². The first kappa shape index (κ1) is 12.5. The van der Waals surface area contributed by atoms with Crippen molar-refractivity contribution in [2.24, 2.45) is 0 Å². The molecule has 0 bridgehead atoms. The van der Waals surface area contributed by atoms with Crippen molar-refractivity contribution >= 4 is 16.1 Å². The van der Waals surface area contributed by atoms with E-state index in [0.29, 0.717) is 6.54 Å². The summed E-state index contributed by atoms with van der Waals surface area (Å²) in [5.74, 6) is 0.188. The second-order valence-electron chi connectivity index (χ2n) is 2.12. The van der Waals surface area contributed by atoms with Crippen molar-refractivity contribution in [3.63, 3.8) is 0 Å². The number of aromatic nitrogens is 2. The number of nitrogens with zero attached hydrogens (tertiary/aromatic N) is 2. The van der Waals surface area contributed by atoms with E-state index >= 15 is 0 Å². The molecule has 68 valence electrons. The number of rotatable bonds is 3. The zero-order valence-corrected chi connectivity index (χ0v) is 8.21. The van der Waals surface area contributed by atoms with Crippen LogP contribution < -0.4 is 23.6 Å². The molecule has 0 saturated heterocycles. The Bertz CT molecular complexity index is 361. The Hall–Kier alpha value is -0.483. The summed E-state index contributed by atoms with van der Waals surface area (Å²) in [4.78, 5) is 3.67. The molecule has 0 saturated carbocycles. The quantitative estimate of drug-likeness (QED) is 0.408. The van der Waals surface area contributed by atoms with Crippen molar-refractivity contribution in [2.45, 2.75) is 13.5 Å². The van der Waals surface area contributed by atoms with Crippen LogP contribution in [0.4, 0.5) is 5.82 Å². The van der Waals surface area contributed by atoms with E-state index in [1.54, 1.807) is 4.72 Å². The van der Waals surface area contributed by atoms with E-state index in [2.05, 4.69) is 4.98 Å². The maximum atomic E-state index is 10.3. The molecular weight excluding hydrogens is 189 g/mol. The van der Waals surface area contributed by atoms with E-state index in [9.17, 15) is 13.0 Å². The summed E-state index contributed by atoms with van der Waals surface area (Å²) in [6.45, 7) is 2.36. The summed E-state index contributed by atoms with van der Waals surface area (Å²) in [5.41, 5.74) is 0. The van der Waals surface area contributed by atoms with Crippen LogP contribution in [0.15, 0.2) is 12.5 Å². The van der Waals surface area contributed by atoms with Crippen LogP contribution in [-0.4, -0.2) is 22.5 Å². The van der Waals surface area contributed by atoms with E-state index in [0.717, 1.165) is 0 Å². The number of nitrogens with one attached hydrogen (secondary N) is 1. The van der Waals surface area contributed by atoms with E-state index in [1.807, 2.05) is 6.92 Å². The summed E-state index contributed by atoms with van der Waals surface area (Å²) in [6.07, 6.45) is 2.71. The van der Waals surface area contributed by atoms with Crippen LogP contribution in [0.3, 0.4) is 0 Å². The molecule has 1 aromatic heterocycles. The summed E-state index contributed by atoms with van der Waals surface area (Å²) in [7, 11) is -4.44. The number of imidazole rings is 1. The molecule has 0 amide bonds. The Morgan fingerprint density at radius 2 is 2.31 bits per heavy atom. The fraction of sp³-hybridized carbons (Fsp3) is 0.400. The molecule has 8 heteroatoms. The monoisotopic (exact) mass is 197 g/mol. The van der Waals surface area contributed by atoms with E-state index in [1.165, 1.54) is 17.1 Å². The van der Waals surface area contributed by atoms with Gasteiger partial charge < -0.3 is 9.12 Å². The average Bonchev–Trinajstić information content (AvgIpc) is 2.31. The molecule has 0 atom stereocenters. The number of hydrogen-bond acceptors (Lipinski definition) is 4. The average molecular weight is 197 g/mol. The van der Waals surface area contributed by atoms with Gasteiger partial charge in [-0.15, -0.1) is 0 Å². The standard InChI is InChI=1S/C5H9N3O3S.Li/c1-2-8-4-6-3-5(8)7-12(9,10)11;/h3-4,7H,2H2,1H3,(H,9,10,11);/q;+1/p-1. The van der Waals surface area contributed by atoms with Gasteiger partial charge in [-0.05, 0) is 6.92 Å². The van der Waals surface area contributed by atoms with Crippen LogP contribution in [0.5, 0.6) is 0 Å². The van der Waals surface area contributed by atoms with Crippen molar-refractivity contribution < 1.29 is 31.8 Å². The molecule has 0 fully saturated rings. The van der Waals surface area contributed by atoms with Gasteiger partial charge in [0.1, 0.15) is 5.82 Å². The van der Waals surface area contributed by atoms with E-state index < -0.39 is 10.3 Å². The van der Waals surface area contributed by atoms with Crippen LogP contribution in [0.1, 0.15) is 6.92 Å². The molecule has 0 spiro atoms. The topological polar surface area (TPSA) is 87.0 Å². The Morgan fingerprint density at radius 3 is 2.77 bits per heavy atom. The first-order valence-corrected chi connectivity index (χ1v) is 4.67. The van der Waals surface area contributed by atoms with Gasteiger partial charge >= 0.3 is 18.9 Å². The van der Waals surface area contributed by atoms with Gasteiger partial charge in [-0.3, -0.25) is 4.72 Å². The molecule has 1 heterocycles. The first-order valence-electron chi connectivity index (χ1n) is 3.26. The largest absolute Gasteiger partial charge is 1.00 e. The SMILES string of the molecule is CCn1cncc1NS(=O)(=O)[O-].[Li+]. The van der Waals surface area contributed by atoms with Gasteiger partial charge in [0.25, 0.3) is 0 Å². The molecule has 6 nitrogen and oxygen atoms in total. The molecule has 1 N–H and O–H groups in total. The van der Waals surface area contributed by atoms with Crippen LogP contribution in [0, 0.1) is 0 Å². The normalized spacial score (nSPS) is 10.6. The fourth-order valence-electron chi connectivity index (χ4n) is 0.786. The summed E-state index contributed by atoms with van der Waals surface area (Å²) < 4.78 is 34.1. The predicted octanol–water partition coefficient (Wildman–Crippen LogP) is -3.22. The van der Waals surface area contributed by atoms with Crippen molar-refractivity contribution in [1.29, 1.82) is 0 Å². The Balaban J connectivity index is 0.00000144. The maximum Gasteiger partial charge on any atom is 1.00 e. The third-order valence-corrected chi connectivity index (χ3v) is 1.74. The number of hydrogen-bond donors (Lipinski definition) is 1. The van der Waals surface area contributed by atoms with Crippen molar-refractivity contribution in [1.82, 2.24) is 9.55 Å². The van der Waals surface area contributed by atoms with Crippen LogP contribution in [-0.2, 0) is 16.8 Å². The number of aryl methyl sites for hydroxylation is 1. The van der Waals surface area contributed by atoms with Crippen LogP contribution >= 0.6 is 0 Å². The van der Waals surface area contributed by atoms with Gasteiger partial charge in [0, 0.05) is 6.54 Å². The third kappa shape index (κ3) is 3.82. The minimum absolute atomic E-state index is 0. The molecule has 0 unspecified atom stereocenters. The Labute approximate surface area is 88.4 Å². The Morgan fingerprint density at radius 1 is 1.69 bits per heavy atom. The smallest absolute Gasteiger partial charge is 0.731 e. The van der Waals surface area contributed by atoms with Crippen molar-refractivity contribution in [3.05, 3.63) is 12.5 Å². The van der Waals surface area contributed by atoms with Gasteiger partial charge in [0.05, 0.1) is 12.5 Å². The number of anilines is 1. The summed E-state index contributed by atoms with van der Waals surface area (Å²) >= 11 is 0. The van der Waals surface area contributed by atoms with Gasteiger partial charge in [0.2, 0.25) is 0 Å². The van der Waals surface area contributed by atoms with Gasteiger partial charge in [-0.25, -0.2) is 13.4 Å². The maximum absolute atomic E-state index is 10.3. The molecule has 0 aliphatic rings. The molecule has 0 radical (unpaired) electrons. The minimum Gasteiger partial charge on any atom is -0.731 e. The molecule has 1 rings (SSSR count).